The van der Waals surface area contributed by atoms with E-state index in [1.807, 2.05) is 6.92 Å². The molecule has 0 amide bonds. The van der Waals surface area contributed by atoms with E-state index < -0.39 is 6.10 Å². The minimum Gasteiger partial charge on any atom is -0.457 e. The Bertz CT molecular complexity index is 257. The molecule has 0 aromatic rings. The van der Waals surface area contributed by atoms with Crippen molar-refractivity contribution < 1.29 is 28.5 Å². The van der Waals surface area contributed by atoms with Crippen LogP contribution in [0.15, 0.2) is 0 Å². The first-order chi connectivity index (χ1) is 8.63. The maximum atomic E-state index is 11.2. The third kappa shape index (κ3) is 3.91. The van der Waals surface area contributed by atoms with Crippen LogP contribution in [0.2, 0.25) is 0 Å². The average Bonchev–Trinajstić information content (AvgIpc) is 2.32. The van der Waals surface area contributed by atoms with Gasteiger partial charge in [0.2, 0.25) is 0 Å². The van der Waals surface area contributed by atoms with Gasteiger partial charge < -0.3 is 23.7 Å². The van der Waals surface area contributed by atoms with Crippen molar-refractivity contribution in [2.75, 3.05) is 34.0 Å². The van der Waals surface area contributed by atoms with Crippen molar-refractivity contribution in [2.45, 2.75) is 38.3 Å². The summed E-state index contributed by atoms with van der Waals surface area (Å²) in [6.07, 6.45) is -1.43. The van der Waals surface area contributed by atoms with Gasteiger partial charge in [-0.25, -0.2) is 0 Å². The molecule has 1 heterocycles. The molecular weight excluding hydrogens is 240 g/mol. The van der Waals surface area contributed by atoms with Crippen LogP contribution in [-0.4, -0.2) is 64.4 Å². The molecule has 1 aliphatic rings. The quantitative estimate of drug-likeness (QED) is 0.645. The Kier molecular flexibility index (Phi) is 6.56. The van der Waals surface area contributed by atoms with Crippen molar-refractivity contribution in [1.82, 2.24) is 0 Å². The van der Waals surface area contributed by atoms with Gasteiger partial charge in [-0.15, -0.1) is 0 Å². The number of hydrogen-bond donors (Lipinski definition) is 0. The lowest BCUT2D eigenvalue weighted by Gasteiger charge is -2.40. The predicted octanol–water partition coefficient (Wildman–Crippen LogP) is 0.383. The molecule has 0 aliphatic carbocycles. The normalized spacial score (nSPS) is 32.2. The standard InChI is InChI=1S/C12H22O6/c1-5-16-10-7-17-9(6-14-3)12(11(10)15-4)18-8(2)13/h9-12H,5-7H2,1-4H3/t9-,10+,11-,12-/m1/s1. The van der Waals surface area contributed by atoms with Crippen LogP contribution in [0.3, 0.4) is 0 Å². The SMILES string of the molecule is CCO[C@H]1CO[C@H](COC)[C@@H](OC(C)=O)[C@@H]1OC. The van der Waals surface area contributed by atoms with Gasteiger partial charge in [0.1, 0.15) is 18.3 Å². The number of carbonyl (C=O) groups excluding carboxylic acids is 1. The fraction of sp³-hybridized carbons (Fsp3) is 0.917. The molecule has 6 nitrogen and oxygen atoms in total. The first kappa shape index (κ1) is 15.4. The summed E-state index contributed by atoms with van der Waals surface area (Å²) in [6.45, 7) is 4.56. The van der Waals surface area contributed by atoms with E-state index in [1.165, 1.54) is 6.92 Å². The first-order valence-corrected chi connectivity index (χ1v) is 6.06. The van der Waals surface area contributed by atoms with Crippen molar-refractivity contribution in [3.8, 4) is 0 Å². The second-order valence-corrected chi connectivity index (χ2v) is 4.10. The number of hydrogen-bond acceptors (Lipinski definition) is 6. The van der Waals surface area contributed by atoms with Crippen LogP contribution in [0.4, 0.5) is 0 Å². The lowest BCUT2D eigenvalue weighted by atomic mass is 9.99. The predicted molar refractivity (Wildman–Crippen MR) is 63.4 cm³/mol. The Hall–Kier alpha value is -0.690. The van der Waals surface area contributed by atoms with Crippen molar-refractivity contribution in [1.29, 1.82) is 0 Å². The zero-order valence-corrected chi connectivity index (χ0v) is 11.4. The molecule has 0 spiro atoms. The van der Waals surface area contributed by atoms with Gasteiger partial charge in [-0.2, -0.15) is 0 Å². The second-order valence-electron chi connectivity index (χ2n) is 4.10. The molecular formula is C12H22O6. The Labute approximate surface area is 107 Å². The van der Waals surface area contributed by atoms with E-state index in [0.717, 1.165) is 0 Å². The van der Waals surface area contributed by atoms with Gasteiger partial charge in [0.25, 0.3) is 0 Å². The van der Waals surface area contributed by atoms with Crippen LogP contribution in [0.5, 0.6) is 0 Å². The topological polar surface area (TPSA) is 63.2 Å². The molecule has 1 saturated heterocycles. The maximum absolute atomic E-state index is 11.2. The number of esters is 1. The fourth-order valence-electron chi connectivity index (χ4n) is 2.12. The summed E-state index contributed by atoms with van der Waals surface area (Å²) >= 11 is 0. The van der Waals surface area contributed by atoms with Gasteiger partial charge >= 0.3 is 5.97 Å². The number of carbonyl (C=O) groups is 1. The van der Waals surface area contributed by atoms with Gasteiger partial charge in [-0.1, -0.05) is 0 Å². The van der Waals surface area contributed by atoms with E-state index >= 15 is 0 Å². The summed E-state index contributed by atoms with van der Waals surface area (Å²) < 4.78 is 26.9. The molecule has 18 heavy (non-hydrogen) atoms. The van der Waals surface area contributed by atoms with Crippen molar-refractivity contribution in [3.05, 3.63) is 0 Å². The lowest BCUT2D eigenvalue weighted by Crippen LogP contribution is -2.57. The van der Waals surface area contributed by atoms with Crippen molar-refractivity contribution in [3.63, 3.8) is 0 Å². The molecule has 0 aromatic heterocycles. The maximum Gasteiger partial charge on any atom is 0.303 e. The minimum atomic E-state index is -0.516. The molecule has 0 unspecified atom stereocenters. The summed E-state index contributed by atoms with van der Waals surface area (Å²) in [5.74, 6) is -0.371. The van der Waals surface area contributed by atoms with Crippen LogP contribution in [0, 0.1) is 0 Å². The largest absolute Gasteiger partial charge is 0.457 e. The Morgan fingerprint density at radius 3 is 2.56 bits per heavy atom. The van der Waals surface area contributed by atoms with E-state index in [0.29, 0.717) is 19.8 Å². The fourth-order valence-corrected chi connectivity index (χ4v) is 2.12. The zero-order valence-electron chi connectivity index (χ0n) is 11.4. The summed E-state index contributed by atoms with van der Waals surface area (Å²) in [7, 11) is 3.15. The van der Waals surface area contributed by atoms with E-state index in [-0.39, 0.29) is 24.3 Å². The highest BCUT2D eigenvalue weighted by molar-refractivity contribution is 5.66. The zero-order chi connectivity index (χ0) is 13.5. The molecule has 1 fully saturated rings. The van der Waals surface area contributed by atoms with E-state index in [4.69, 9.17) is 23.7 Å². The lowest BCUT2D eigenvalue weighted by molar-refractivity contribution is -0.228. The third-order valence-electron chi connectivity index (χ3n) is 2.82. The summed E-state index contributed by atoms with van der Waals surface area (Å²) in [4.78, 5) is 11.2. The summed E-state index contributed by atoms with van der Waals surface area (Å²) in [5, 5.41) is 0. The summed E-state index contributed by atoms with van der Waals surface area (Å²) in [6, 6.07) is 0. The Balaban J connectivity index is 2.77. The van der Waals surface area contributed by atoms with Crippen LogP contribution < -0.4 is 0 Å². The molecule has 0 saturated carbocycles. The molecule has 1 rings (SSSR count). The van der Waals surface area contributed by atoms with Gasteiger partial charge in [-0.05, 0) is 6.92 Å². The van der Waals surface area contributed by atoms with Crippen LogP contribution in [0.25, 0.3) is 0 Å². The van der Waals surface area contributed by atoms with E-state index in [2.05, 4.69) is 0 Å². The average molecular weight is 262 g/mol. The first-order valence-electron chi connectivity index (χ1n) is 6.06. The van der Waals surface area contributed by atoms with Crippen molar-refractivity contribution >= 4 is 5.97 Å². The molecule has 0 radical (unpaired) electrons. The third-order valence-corrected chi connectivity index (χ3v) is 2.82. The highest BCUT2D eigenvalue weighted by Crippen LogP contribution is 2.23. The highest BCUT2D eigenvalue weighted by Gasteiger charge is 2.43. The second kappa shape index (κ2) is 7.68. The number of ether oxygens (including phenoxy) is 5. The molecule has 0 N–H and O–H groups in total. The van der Waals surface area contributed by atoms with Gasteiger partial charge in [-0.3, -0.25) is 4.79 Å². The molecule has 106 valence electrons. The minimum absolute atomic E-state index is 0.238. The van der Waals surface area contributed by atoms with Crippen molar-refractivity contribution in [2.24, 2.45) is 0 Å². The Morgan fingerprint density at radius 1 is 1.33 bits per heavy atom. The molecule has 0 aromatic carbocycles. The monoisotopic (exact) mass is 262 g/mol. The van der Waals surface area contributed by atoms with Crippen LogP contribution in [-0.2, 0) is 28.5 Å². The van der Waals surface area contributed by atoms with Gasteiger partial charge in [0.05, 0.1) is 13.2 Å². The molecule has 4 atom stereocenters. The smallest absolute Gasteiger partial charge is 0.303 e. The van der Waals surface area contributed by atoms with E-state index in [9.17, 15) is 4.79 Å². The Morgan fingerprint density at radius 2 is 2.06 bits per heavy atom. The van der Waals surface area contributed by atoms with Crippen LogP contribution in [0.1, 0.15) is 13.8 Å². The molecule has 1 aliphatic heterocycles. The molecule has 0 bridgehead atoms. The summed E-state index contributed by atoms with van der Waals surface area (Å²) in [5.41, 5.74) is 0. The van der Waals surface area contributed by atoms with Gasteiger partial charge in [0.15, 0.2) is 6.10 Å². The van der Waals surface area contributed by atoms with E-state index in [1.54, 1.807) is 14.2 Å². The highest BCUT2D eigenvalue weighted by atomic mass is 16.6. The number of methoxy groups -OCH3 is 2. The van der Waals surface area contributed by atoms with Crippen LogP contribution >= 0.6 is 0 Å². The van der Waals surface area contributed by atoms with Gasteiger partial charge in [0, 0.05) is 27.8 Å². The molecule has 6 heteroatoms. The number of rotatable bonds is 6.